The second kappa shape index (κ2) is 4.26. The van der Waals surface area contributed by atoms with Crippen LogP contribution in [-0.4, -0.2) is 26.0 Å². The van der Waals surface area contributed by atoms with Crippen molar-refractivity contribution in [3.8, 4) is 12.1 Å². The molecule has 2 N–H and O–H groups in total. The number of fused-ring (bicyclic) bond motifs is 1. The molecule has 1 aliphatic carbocycles. The molecule has 0 bridgehead atoms. The molecule has 0 radical (unpaired) electrons. The Labute approximate surface area is 126 Å². The fraction of sp³-hybridized carbons (Fsp3) is 0.400. The van der Waals surface area contributed by atoms with Gasteiger partial charge in [-0.05, 0) is 17.7 Å². The second-order valence-electron chi connectivity index (χ2n) is 5.31. The maximum atomic E-state index is 13.1. The van der Waals surface area contributed by atoms with E-state index in [1.807, 2.05) is 0 Å². The molecule has 0 amide bonds. The van der Waals surface area contributed by atoms with Gasteiger partial charge in [0.1, 0.15) is 17.1 Å². The molecule has 1 saturated carbocycles. The molecule has 1 aromatic rings. The molecular formula is C15H13FN4O2. The number of hydrogen-bond donors (Lipinski definition) is 1. The van der Waals surface area contributed by atoms with Crippen LogP contribution in [0.3, 0.4) is 0 Å². The van der Waals surface area contributed by atoms with Crippen LogP contribution in [0.5, 0.6) is 0 Å². The Morgan fingerprint density at radius 3 is 2.23 bits per heavy atom. The summed E-state index contributed by atoms with van der Waals surface area (Å²) in [6, 6.07) is 9.84. The van der Waals surface area contributed by atoms with Crippen molar-refractivity contribution in [2.24, 2.45) is 21.6 Å². The Morgan fingerprint density at radius 1 is 1.18 bits per heavy atom. The van der Waals surface area contributed by atoms with Gasteiger partial charge in [0.25, 0.3) is 5.91 Å². The summed E-state index contributed by atoms with van der Waals surface area (Å²) in [6.07, 6.45) is 0. The van der Waals surface area contributed by atoms with Gasteiger partial charge < -0.3 is 15.2 Å². The van der Waals surface area contributed by atoms with Gasteiger partial charge in [-0.15, -0.1) is 0 Å². The van der Waals surface area contributed by atoms with Gasteiger partial charge in [-0.3, -0.25) is 0 Å². The number of hydrogen-bond acceptors (Lipinski definition) is 6. The molecule has 3 atom stereocenters. The third kappa shape index (κ3) is 1.22. The summed E-state index contributed by atoms with van der Waals surface area (Å²) in [6.45, 7) is 0. The number of aliphatic imine (C=N–C) groups is 1. The van der Waals surface area contributed by atoms with Crippen LogP contribution in [0.2, 0.25) is 0 Å². The lowest BCUT2D eigenvalue weighted by Gasteiger charge is -2.29. The number of nitrogens with two attached hydrogens (primary N) is 1. The third-order valence-electron chi connectivity index (χ3n) is 4.68. The topological polar surface area (TPSA) is 104 Å². The fourth-order valence-electron chi connectivity index (χ4n) is 3.68. The molecule has 1 aliphatic heterocycles. The van der Waals surface area contributed by atoms with Crippen molar-refractivity contribution in [2.45, 2.75) is 11.8 Å². The van der Waals surface area contributed by atoms with Gasteiger partial charge in [-0.25, -0.2) is 9.38 Å². The smallest absolute Gasteiger partial charge is 0.292 e. The van der Waals surface area contributed by atoms with Gasteiger partial charge in [-0.2, -0.15) is 10.5 Å². The lowest BCUT2D eigenvalue weighted by atomic mass is 9.93. The van der Waals surface area contributed by atoms with E-state index in [9.17, 15) is 14.9 Å². The molecule has 0 unspecified atom stereocenters. The summed E-state index contributed by atoms with van der Waals surface area (Å²) in [5.74, 6) is -2.67. The summed E-state index contributed by atoms with van der Waals surface area (Å²) < 4.78 is 23.8. The minimum atomic E-state index is -1.65. The number of methoxy groups -OCH3 is 2. The number of rotatable bonds is 3. The minimum absolute atomic E-state index is 0.00502. The lowest BCUT2D eigenvalue weighted by Crippen LogP contribution is -2.41. The molecule has 22 heavy (non-hydrogen) atoms. The summed E-state index contributed by atoms with van der Waals surface area (Å²) >= 11 is 0. The molecule has 1 fully saturated rings. The molecule has 2 aliphatic rings. The highest BCUT2D eigenvalue weighted by atomic mass is 19.1. The highest BCUT2D eigenvalue weighted by molar-refractivity contribution is 6.00. The van der Waals surface area contributed by atoms with Crippen molar-refractivity contribution in [1.82, 2.24) is 0 Å². The zero-order chi connectivity index (χ0) is 16.2. The first-order chi connectivity index (χ1) is 10.5. The van der Waals surface area contributed by atoms with E-state index in [1.165, 1.54) is 38.5 Å². The first-order valence-corrected chi connectivity index (χ1v) is 6.53. The Balaban J connectivity index is 2.23. The standard InChI is InChI=1S/C15H13FN4O2/c1-21-15(22-2)14(8-18)11(9-3-5-10(16)6-4-9)13(14,7-17)12(19)20-15/h3-6,11H,1-2H3,(H2,19,20)/t11-,13+,14+/m1/s1. The Bertz CT molecular complexity index is 744. The lowest BCUT2D eigenvalue weighted by molar-refractivity contribution is -0.230. The van der Waals surface area contributed by atoms with Crippen LogP contribution in [-0.2, 0) is 9.47 Å². The monoisotopic (exact) mass is 300 g/mol. The maximum Gasteiger partial charge on any atom is 0.292 e. The van der Waals surface area contributed by atoms with E-state index in [2.05, 4.69) is 17.1 Å². The molecule has 0 saturated heterocycles. The van der Waals surface area contributed by atoms with E-state index in [-0.39, 0.29) is 5.84 Å². The highest BCUT2D eigenvalue weighted by Crippen LogP contribution is 2.81. The normalized spacial score (nSPS) is 34.2. The average molecular weight is 300 g/mol. The largest absolute Gasteiger partial charge is 0.386 e. The first kappa shape index (κ1) is 14.5. The number of halogens is 1. The summed E-state index contributed by atoms with van der Waals surface area (Å²) in [4.78, 5) is 4.10. The molecule has 6 nitrogen and oxygen atoms in total. The number of benzene rings is 1. The summed E-state index contributed by atoms with van der Waals surface area (Å²) in [5.41, 5.74) is 3.82. The maximum absolute atomic E-state index is 13.1. The predicted octanol–water partition coefficient (Wildman–Crippen LogP) is 1.26. The van der Waals surface area contributed by atoms with Crippen molar-refractivity contribution in [3.63, 3.8) is 0 Å². The molecule has 0 aromatic heterocycles. The van der Waals surface area contributed by atoms with E-state index in [0.29, 0.717) is 5.56 Å². The number of nitrogens with zero attached hydrogens (tertiary/aromatic N) is 3. The van der Waals surface area contributed by atoms with Crippen LogP contribution in [0, 0.1) is 39.3 Å². The second-order valence-corrected chi connectivity index (χ2v) is 5.31. The van der Waals surface area contributed by atoms with E-state index in [0.717, 1.165) is 0 Å². The van der Waals surface area contributed by atoms with Gasteiger partial charge in [0.15, 0.2) is 5.41 Å². The number of amidine groups is 1. The van der Waals surface area contributed by atoms with Gasteiger partial charge in [0.05, 0.1) is 12.1 Å². The fourth-order valence-corrected chi connectivity index (χ4v) is 3.68. The molecule has 0 spiro atoms. The predicted molar refractivity (Wildman–Crippen MR) is 73.6 cm³/mol. The van der Waals surface area contributed by atoms with E-state index < -0.39 is 28.5 Å². The quantitative estimate of drug-likeness (QED) is 0.846. The van der Waals surface area contributed by atoms with Gasteiger partial charge in [-0.1, -0.05) is 12.1 Å². The molecule has 1 aromatic carbocycles. The van der Waals surface area contributed by atoms with E-state index >= 15 is 0 Å². The molecule has 7 heteroatoms. The van der Waals surface area contributed by atoms with Crippen LogP contribution in [0.15, 0.2) is 29.3 Å². The molecule has 112 valence electrons. The van der Waals surface area contributed by atoms with Crippen molar-refractivity contribution >= 4 is 5.84 Å². The van der Waals surface area contributed by atoms with Gasteiger partial charge >= 0.3 is 0 Å². The van der Waals surface area contributed by atoms with Crippen LogP contribution < -0.4 is 5.73 Å². The highest BCUT2D eigenvalue weighted by Gasteiger charge is 2.93. The molecule has 3 rings (SSSR count). The van der Waals surface area contributed by atoms with Crippen molar-refractivity contribution in [2.75, 3.05) is 14.2 Å². The van der Waals surface area contributed by atoms with Gasteiger partial charge in [0, 0.05) is 20.1 Å². The first-order valence-electron chi connectivity index (χ1n) is 6.53. The van der Waals surface area contributed by atoms with Crippen LogP contribution in [0.1, 0.15) is 11.5 Å². The third-order valence-corrected chi connectivity index (χ3v) is 4.68. The zero-order valence-electron chi connectivity index (χ0n) is 12.0. The zero-order valence-corrected chi connectivity index (χ0v) is 12.0. The Kier molecular flexibility index (Phi) is 2.80. The van der Waals surface area contributed by atoms with Gasteiger partial charge in [0.2, 0.25) is 0 Å². The number of ether oxygens (including phenoxy) is 2. The Hall–Kier alpha value is -2.48. The SMILES string of the molecule is COC1(OC)N=C(N)[C@]2(C#N)[C@@H](c3ccc(F)cc3)[C@]12C#N. The van der Waals surface area contributed by atoms with Crippen molar-refractivity contribution in [1.29, 1.82) is 10.5 Å². The van der Waals surface area contributed by atoms with Crippen LogP contribution in [0.25, 0.3) is 0 Å². The van der Waals surface area contributed by atoms with E-state index in [1.54, 1.807) is 0 Å². The van der Waals surface area contributed by atoms with Crippen molar-refractivity contribution in [3.05, 3.63) is 35.6 Å². The summed E-state index contributed by atoms with van der Waals surface area (Å²) in [5, 5.41) is 19.5. The van der Waals surface area contributed by atoms with Crippen molar-refractivity contribution < 1.29 is 13.9 Å². The molecule has 1 heterocycles. The number of nitriles is 2. The average Bonchev–Trinajstić information content (AvgIpc) is 3.11. The van der Waals surface area contributed by atoms with E-state index in [4.69, 9.17) is 15.2 Å². The summed E-state index contributed by atoms with van der Waals surface area (Å²) in [7, 11) is 2.68. The minimum Gasteiger partial charge on any atom is -0.386 e. The molecular weight excluding hydrogens is 287 g/mol. The van der Waals surface area contributed by atoms with Crippen LogP contribution >= 0.6 is 0 Å². The van der Waals surface area contributed by atoms with Crippen LogP contribution in [0.4, 0.5) is 4.39 Å². The Morgan fingerprint density at radius 2 is 1.77 bits per heavy atom.